The highest BCUT2D eigenvalue weighted by Gasteiger charge is 2.35. The first-order valence-electron chi connectivity index (χ1n) is 11.3. The molecular weight excluding hydrogens is 499 g/mol. The molecule has 2 aromatic rings. The van der Waals surface area contributed by atoms with Crippen molar-refractivity contribution in [2.75, 3.05) is 42.2 Å². The van der Waals surface area contributed by atoms with Gasteiger partial charge in [-0.1, -0.05) is 29.4 Å². The molecule has 2 saturated heterocycles. The number of carbonyl (C=O) groups excluding carboxylic acids is 1. The highest BCUT2D eigenvalue weighted by Crippen LogP contribution is 2.25. The Morgan fingerprint density at radius 2 is 2.11 bits per heavy atom. The number of urea groups is 1. The Morgan fingerprint density at radius 3 is 2.71 bits per heavy atom. The summed E-state index contributed by atoms with van der Waals surface area (Å²) in [6, 6.07) is 0.941. The molecule has 192 valence electrons. The van der Waals surface area contributed by atoms with Crippen LogP contribution in [0, 0.1) is 0 Å². The Morgan fingerprint density at radius 1 is 1.31 bits per heavy atom. The molecule has 3 amide bonds. The van der Waals surface area contributed by atoms with Crippen LogP contribution >= 0.6 is 22.9 Å². The molecule has 0 saturated carbocycles. The maximum absolute atomic E-state index is 14.5. The van der Waals surface area contributed by atoms with Crippen LogP contribution < -0.4 is 20.9 Å². The number of carbonyl (C=O) groups is 2. The zero-order valence-electron chi connectivity index (χ0n) is 19.6. The predicted octanol–water partition coefficient (Wildman–Crippen LogP) is 3.91. The summed E-state index contributed by atoms with van der Waals surface area (Å²) in [5, 5.41) is 17.2. The van der Waals surface area contributed by atoms with Crippen LogP contribution in [-0.2, 0) is 0 Å². The van der Waals surface area contributed by atoms with E-state index < -0.39 is 24.3 Å². The van der Waals surface area contributed by atoms with Gasteiger partial charge in [0.1, 0.15) is 16.3 Å². The van der Waals surface area contributed by atoms with Crippen molar-refractivity contribution in [3.63, 3.8) is 0 Å². The molecule has 0 radical (unpaired) electrons. The van der Waals surface area contributed by atoms with E-state index in [1.165, 1.54) is 56.2 Å². The fourth-order valence-electron chi connectivity index (χ4n) is 3.80. The van der Waals surface area contributed by atoms with E-state index in [9.17, 15) is 14.0 Å². The molecule has 3 atom stereocenters. The van der Waals surface area contributed by atoms with Gasteiger partial charge in [-0.3, -0.25) is 10.6 Å². The Labute approximate surface area is 212 Å². The number of amides is 3. The summed E-state index contributed by atoms with van der Waals surface area (Å²) >= 11 is 6.90. The van der Waals surface area contributed by atoms with Crippen LogP contribution in [0.4, 0.5) is 30.9 Å². The van der Waals surface area contributed by atoms with E-state index in [1.807, 2.05) is 0 Å². The van der Waals surface area contributed by atoms with Crippen LogP contribution in [0.15, 0.2) is 18.5 Å². The normalized spacial score (nSPS) is 21.9. The second-order valence-electron chi connectivity index (χ2n) is 8.35. The summed E-state index contributed by atoms with van der Waals surface area (Å²) in [4.78, 5) is 38.4. The number of anilines is 3. The third-order valence-electron chi connectivity index (χ3n) is 5.73. The van der Waals surface area contributed by atoms with Gasteiger partial charge < -0.3 is 20.2 Å². The number of rotatable bonds is 4. The maximum Gasteiger partial charge on any atom is 0.410 e. The summed E-state index contributed by atoms with van der Waals surface area (Å²) in [6.07, 6.45) is 4.70. The number of nitrogens with zero attached hydrogens (tertiary/aromatic N) is 5. The fraction of sp³-hybridized carbons (Fsp3) is 0.571. The van der Waals surface area contributed by atoms with E-state index in [4.69, 9.17) is 16.7 Å². The molecule has 2 fully saturated rings. The molecule has 14 heteroatoms. The lowest BCUT2D eigenvalue weighted by atomic mass is 10.0. The fourth-order valence-corrected chi connectivity index (χ4v) is 4.60. The standard InChI is InChI=1S/C15H17ClFN7O3S.C6H13N/c1-23(14(25)22-13-19-6-10(16)28-13)9-7-24(5-3-8(9)17)12-18-4-2-11(20-12)21-15(26)27;1-6-4-2-3-5-7-6/h2,4,6,8-9H,3,5,7H2,1H3,(H,26,27)(H,18,20,21)(H,19,22,25);6-7H,2-5H2,1H3/t;6-/m.1/s1. The van der Waals surface area contributed by atoms with Crippen molar-refractivity contribution in [2.45, 2.75) is 50.9 Å². The van der Waals surface area contributed by atoms with Crippen LogP contribution in [0.2, 0.25) is 4.34 Å². The van der Waals surface area contributed by atoms with Crippen molar-refractivity contribution in [3.8, 4) is 0 Å². The molecule has 2 unspecified atom stereocenters. The number of alkyl halides is 1. The van der Waals surface area contributed by atoms with E-state index in [-0.39, 0.29) is 24.7 Å². The number of halogens is 2. The molecule has 4 N–H and O–H groups in total. The monoisotopic (exact) mass is 528 g/mol. The molecule has 4 heterocycles. The van der Waals surface area contributed by atoms with Crippen LogP contribution in [-0.4, -0.2) is 82.0 Å². The van der Waals surface area contributed by atoms with Gasteiger partial charge in [-0.2, -0.15) is 4.98 Å². The lowest BCUT2D eigenvalue weighted by Crippen LogP contribution is -2.55. The number of hydrogen-bond acceptors (Lipinski definition) is 8. The van der Waals surface area contributed by atoms with Crippen molar-refractivity contribution in [2.24, 2.45) is 0 Å². The SMILES string of the molecule is CN(C(=O)Nc1ncc(Cl)s1)C1CN(c2nccc(NC(=O)O)n2)CCC1F.C[C@@H]1CCCCN1. The smallest absolute Gasteiger partial charge is 0.410 e. The molecule has 35 heavy (non-hydrogen) atoms. The number of piperidine rings is 2. The summed E-state index contributed by atoms with van der Waals surface area (Å²) in [5.41, 5.74) is 0. The molecular formula is C21H30ClFN8O3S. The average molecular weight is 529 g/mol. The number of nitrogens with one attached hydrogen (secondary N) is 3. The van der Waals surface area contributed by atoms with E-state index in [2.05, 4.69) is 37.8 Å². The van der Waals surface area contributed by atoms with Crippen LogP contribution in [0.3, 0.4) is 0 Å². The number of hydrogen-bond donors (Lipinski definition) is 4. The van der Waals surface area contributed by atoms with E-state index in [0.717, 1.165) is 17.4 Å². The minimum absolute atomic E-state index is 0.114. The average Bonchev–Trinajstić information content (AvgIpc) is 3.24. The van der Waals surface area contributed by atoms with Gasteiger partial charge in [-0.05, 0) is 38.8 Å². The number of thiazole rings is 1. The molecule has 0 bridgehead atoms. The lowest BCUT2D eigenvalue weighted by molar-refractivity contribution is 0.133. The first-order chi connectivity index (χ1) is 16.7. The predicted molar refractivity (Wildman–Crippen MR) is 134 cm³/mol. The number of aromatic nitrogens is 3. The Bertz CT molecular complexity index is 993. The van der Waals surface area contributed by atoms with Gasteiger partial charge in [0.05, 0.1) is 12.2 Å². The molecule has 4 rings (SSSR count). The third-order valence-corrected chi connectivity index (χ3v) is 6.76. The zero-order chi connectivity index (χ0) is 25.4. The molecule has 2 aliphatic heterocycles. The summed E-state index contributed by atoms with van der Waals surface area (Å²) in [7, 11) is 1.49. The van der Waals surface area contributed by atoms with Gasteiger partial charge >= 0.3 is 12.1 Å². The maximum atomic E-state index is 14.5. The molecule has 2 aromatic heterocycles. The lowest BCUT2D eigenvalue weighted by Gasteiger charge is -2.39. The van der Waals surface area contributed by atoms with Crippen molar-refractivity contribution in [1.82, 2.24) is 25.2 Å². The van der Waals surface area contributed by atoms with Crippen molar-refractivity contribution in [1.29, 1.82) is 0 Å². The summed E-state index contributed by atoms with van der Waals surface area (Å²) < 4.78 is 15.0. The van der Waals surface area contributed by atoms with Gasteiger partial charge in [0, 0.05) is 32.4 Å². The van der Waals surface area contributed by atoms with Crippen LogP contribution in [0.25, 0.3) is 0 Å². The Kier molecular flexibility index (Phi) is 9.81. The van der Waals surface area contributed by atoms with E-state index in [0.29, 0.717) is 16.0 Å². The third kappa shape index (κ3) is 8.15. The first kappa shape index (κ1) is 26.8. The van der Waals surface area contributed by atoms with Crippen molar-refractivity contribution in [3.05, 3.63) is 22.8 Å². The van der Waals surface area contributed by atoms with Gasteiger partial charge in [-0.15, -0.1) is 0 Å². The topological polar surface area (TPSA) is 136 Å². The molecule has 0 aliphatic carbocycles. The Balaban J connectivity index is 0.000000420. The quantitative estimate of drug-likeness (QED) is 0.469. The number of likely N-dealkylation sites (N-methyl/N-ethyl adjacent to an activating group) is 1. The number of carboxylic acid groups (broad SMARTS) is 1. The largest absolute Gasteiger partial charge is 0.465 e. The second-order valence-corrected chi connectivity index (χ2v) is 10.0. The molecule has 2 aliphatic rings. The summed E-state index contributed by atoms with van der Waals surface area (Å²) in [5.74, 6) is 0.367. The molecule has 0 spiro atoms. The minimum atomic E-state index is -1.25. The highest BCUT2D eigenvalue weighted by molar-refractivity contribution is 7.19. The van der Waals surface area contributed by atoms with E-state index >= 15 is 0 Å². The van der Waals surface area contributed by atoms with Crippen molar-refractivity contribution < 1.29 is 19.1 Å². The highest BCUT2D eigenvalue weighted by atomic mass is 35.5. The zero-order valence-corrected chi connectivity index (χ0v) is 21.2. The first-order valence-corrected chi connectivity index (χ1v) is 12.5. The van der Waals surface area contributed by atoms with Gasteiger partial charge in [0.25, 0.3) is 0 Å². The van der Waals surface area contributed by atoms with E-state index in [1.54, 1.807) is 4.90 Å². The molecule has 11 nitrogen and oxygen atoms in total. The van der Waals surface area contributed by atoms with Crippen molar-refractivity contribution >= 4 is 52.0 Å². The van der Waals surface area contributed by atoms with Gasteiger partial charge in [0.2, 0.25) is 5.95 Å². The van der Waals surface area contributed by atoms with Crippen LogP contribution in [0.5, 0.6) is 0 Å². The van der Waals surface area contributed by atoms with Crippen LogP contribution in [0.1, 0.15) is 32.6 Å². The minimum Gasteiger partial charge on any atom is -0.465 e. The van der Waals surface area contributed by atoms with Gasteiger partial charge in [-0.25, -0.2) is 23.9 Å². The van der Waals surface area contributed by atoms with Gasteiger partial charge in [0.15, 0.2) is 5.13 Å². The Hall–Kier alpha value is -2.77. The second kappa shape index (κ2) is 12.8. The molecule has 0 aromatic carbocycles. The summed E-state index contributed by atoms with van der Waals surface area (Å²) in [6.45, 7) is 3.98.